The molecule has 0 unspecified atom stereocenters. The molecule has 4 heteroatoms. The van der Waals surface area contributed by atoms with E-state index in [0.717, 1.165) is 14.7 Å². The van der Waals surface area contributed by atoms with Crippen LogP contribution in [0.25, 0.3) is 21.8 Å². The normalized spacial score (nSPS) is 11.6. The Balaban J connectivity index is 2.24. The van der Waals surface area contributed by atoms with Gasteiger partial charge < -0.3 is 0 Å². The van der Waals surface area contributed by atoms with Gasteiger partial charge in [0, 0.05) is 25.5 Å². The van der Waals surface area contributed by atoms with Crippen molar-refractivity contribution in [1.29, 1.82) is 0 Å². The third-order valence-corrected chi connectivity index (χ3v) is 5.47. The van der Waals surface area contributed by atoms with Crippen molar-refractivity contribution < 1.29 is 0 Å². The molecule has 3 rings (SSSR count). The van der Waals surface area contributed by atoms with Crippen LogP contribution in [0, 0.1) is 0 Å². The van der Waals surface area contributed by atoms with Crippen LogP contribution in [-0.2, 0) is 0 Å². The maximum Gasteiger partial charge on any atom is 0.0615 e. The largest absolute Gasteiger partial charge is 0.283 e. The molecule has 104 valence electrons. The van der Waals surface area contributed by atoms with Gasteiger partial charge in [0.15, 0.2) is 0 Å². The summed E-state index contributed by atoms with van der Waals surface area (Å²) in [5.74, 6) is 1.15. The van der Waals surface area contributed by atoms with E-state index in [1.165, 1.54) is 34.6 Å². The molecular formula is C16H15Br2NS. The van der Waals surface area contributed by atoms with Crippen LogP contribution in [0.3, 0.4) is 0 Å². The fourth-order valence-corrected chi connectivity index (χ4v) is 4.25. The van der Waals surface area contributed by atoms with Gasteiger partial charge in [-0.05, 0) is 42.6 Å². The lowest BCUT2D eigenvalue weighted by atomic mass is 10.2. The molecule has 0 saturated heterocycles. The minimum Gasteiger partial charge on any atom is -0.283 e. The van der Waals surface area contributed by atoms with E-state index in [4.69, 9.17) is 0 Å². The highest BCUT2D eigenvalue weighted by Gasteiger charge is 2.11. The summed E-state index contributed by atoms with van der Waals surface area (Å²) in [6, 6.07) is 13.1. The lowest BCUT2D eigenvalue weighted by molar-refractivity contribution is 0.895. The van der Waals surface area contributed by atoms with E-state index < -0.39 is 0 Å². The summed E-state index contributed by atoms with van der Waals surface area (Å²) < 4.78 is 4.63. The number of nitrogens with zero attached hydrogens (tertiary/aromatic N) is 1. The number of aromatic nitrogens is 1. The zero-order valence-electron chi connectivity index (χ0n) is 11.2. The minimum absolute atomic E-state index is 1.13. The van der Waals surface area contributed by atoms with Gasteiger partial charge in [-0.25, -0.2) is 0 Å². The zero-order valence-corrected chi connectivity index (χ0v) is 15.2. The fraction of sp³-hybridized carbons (Fsp3) is 0.250. The molecule has 0 bridgehead atoms. The van der Waals surface area contributed by atoms with Gasteiger partial charge in [-0.15, -0.1) is 0 Å². The second-order valence-electron chi connectivity index (χ2n) is 4.80. The average Bonchev–Trinajstić information content (AvgIpc) is 2.72. The van der Waals surface area contributed by atoms with Crippen molar-refractivity contribution in [3.8, 4) is 0 Å². The van der Waals surface area contributed by atoms with Crippen molar-refractivity contribution in [3.63, 3.8) is 0 Å². The highest BCUT2D eigenvalue weighted by Crippen LogP contribution is 2.35. The molecule has 0 radical (unpaired) electrons. The molecule has 2 aromatic carbocycles. The minimum atomic E-state index is 1.13. The van der Waals surface area contributed by atoms with Crippen molar-refractivity contribution in [2.24, 2.45) is 0 Å². The summed E-state index contributed by atoms with van der Waals surface area (Å²) in [5.41, 5.74) is 2.57. The van der Waals surface area contributed by atoms with Gasteiger partial charge in [0.05, 0.1) is 11.0 Å². The molecule has 0 spiro atoms. The number of fused-ring (bicyclic) bond motifs is 3. The monoisotopic (exact) mass is 411 g/mol. The highest BCUT2D eigenvalue weighted by atomic mass is 79.9. The maximum absolute atomic E-state index is 3.59. The molecule has 1 nitrogen and oxygen atoms in total. The van der Waals surface area contributed by atoms with Crippen molar-refractivity contribution in [1.82, 2.24) is 3.97 Å². The Bertz CT molecular complexity index is 705. The van der Waals surface area contributed by atoms with Crippen LogP contribution in [0.5, 0.6) is 0 Å². The van der Waals surface area contributed by atoms with Crippen LogP contribution in [-0.4, -0.2) is 9.73 Å². The number of halogens is 2. The first-order valence-corrected chi connectivity index (χ1v) is 9.26. The van der Waals surface area contributed by atoms with Crippen LogP contribution in [0.15, 0.2) is 45.3 Å². The van der Waals surface area contributed by atoms with Gasteiger partial charge in [-0.1, -0.05) is 57.3 Å². The van der Waals surface area contributed by atoms with Crippen LogP contribution in [0.1, 0.15) is 19.8 Å². The molecule has 0 fully saturated rings. The van der Waals surface area contributed by atoms with E-state index in [1.807, 2.05) is 11.9 Å². The number of hydrogen-bond donors (Lipinski definition) is 0. The molecule has 20 heavy (non-hydrogen) atoms. The van der Waals surface area contributed by atoms with Gasteiger partial charge in [0.2, 0.25) is 0 Å². The van der Waals surface area contributed by atoms with E-state index in [9.17, 15) is 0 Å². The number of rotatable bonds is 4. The predicted octanol–water partition coefficient (Wildman–Crippen LogP) is 6.62. The van der Waals surface area contributed by atoms with Crippen molar-refractivity contribution >= 4 is 65.6 Å². The summed E-state index contributed by atoms with van der Waals surface area (Å²) in [5, 5.41) is 2.64. The highest BCUT2D eigenvalue weighted by molar-refractivity contribution is 9.10. The first kappa shape index (κ1) is 14.5. The zero-order chi connectivity index (χ0) is 14.1. The summed E-state index contributed by atoms with van der Waals surface area (Å²) in [6.07, 6.45) is 2.48. The summed E-state index contributed by atoms with van der Waals surface area (Å²) in [7, 11) is 0. The maximum atomic E-state index is 3.59. The van der Waals surface area contributed by atoms with Crippen molar-refractivity contribution in [2.75, 3.05) is 5.75 Å². The standard InChI is InChI=1S/C16H15Br2NS/c1-2-3-8-20-19-15-9-11(17)4-6-13(15)14-7-5-12(18)10-16(14)19/h4-7,9-10H,2-3,8H2,1H3. The Morgan fingerprint density at radius 1 is 0.950 bits per heavy atom. The molecular weight excluding hydrogens is 398 g/mol. The van der Waals surface area contributed by atoms with E-state index >= 15 is 0 Å². The Hall–Kier alpha value is -0.450. The Morgan fingerprint density at radius 2 is 1.50 bits per heavy atom. The van der Waals surface area contributed by atoms with E-state index in [1.54, 1.807) is 0 Å². The number of hydrogen-bond acceptors (Lipinski definition) is 1. The van der Waals surface area contributed by atoms with Gasteiger partial charge in [0.1, 0.15) is 0 Å². The van der Waals surface area contributed by atoms with Crippen molar-refractivity contribution in [3.05, 3.63) is 45.3 Å². The van der Waals surface area contributed by atoms with E-state index in [0.29, 0.717) is 0 Å². The SMILES string of the molecule is CCCCSn1c2cc(Br)ccc2c2ccc(Br)cc21. The number of benzene rings is 2. The molecule has 0 aliphatic heterocycles. The first-order chi connectivity index (χ1) is 9.70. The fourth-order valence-electron chi connectivity index (χ4n) is 2.37. The average molecular weight is 413 g/mol. The predicted molar refractivity (Wildman–Crippen MR) is 97.6 cm³/mol. The summed E-state index contributed by atoms with van der Waals surface area (Å²) >= 11 is 9.08. The quantitative estimate of drug-likeness (QED) is 0.436. The Morgan fingerprint density at radius 3 is 2.00 bits per heavy atom. The smallest absolute Gasteiger partial charge is 0.0615 e. The van der Waals surface area contributed by atoms with Crippen LogP contribution in [0.4, 0.5) is 0 Å². The van der Waals surface area contributed by atoms with Crippen LogP contribution >= 0.6 is 43.8 Å². The summed E-state index contributed by atoms with van der Waals surface area (Å²) in [6.45, 7) is 2.24. The van der Waals surface area contributed by atoms with E-state index in [2.05, 4.69) is 79.2 Å². The second-order valence-corrected chi connectivity index (χ2v) is 7.67. The van der Waals surface area contributed by atoms with Gasteiger partial charge in [0.25, 0.3) is 0 Å². The third kappa shape index (κ3) is 2.66. The molecule has 0 atom stereocenters. The van der Waals surface area contributed by atoms with Crippen LogP contribution in [0.2, 0.25) is 0 Å². The first-order valence-electron chi connectivity index (χ1n) is 6.73. The molecule has 1 aromatic heterocycles. The molecule has 1 heterocycles. The molecule has 0 N–H and O–H groups in total. The number of unbranched alkanes of at least 4 members (excludes halogenated alkanes) is 1. The molecule has 0 aliphatic rings. The van der Waals surface area contributed by atoms with Crippen molar-refractivity contribution in [2.45, 2.75) is 19.8 Å². The second kappa shape index (κ2) is 6.12. The summed E-state index contributed by atoms with van der Waals surface area (Å²) in [4.78, 5) is 0. The Kier molecular flexibility index (Phi) is 4.43. The van der Waals surface area contributed by atoms with Gasteiger partial charge >= 0.3 is 0 Å². The Labute approximate surface area is 140 Å². The lowest BCUT2D eigenvalue weighted by Gasteiger charge is -2.06. The van der Waals surface area contributed by atoms with Gasteiger partial charge in [-0.3, -0.25) is 3.97 Å². The molecule has 3 aromatic rings. The topological polar surface area (TPSA) is 4.93 Å². The third-order valence-electron chi connectivity index (χ3n) is 3.37. The van der Waals surface area contributed by atoms with E-state index in [-0.39, 0.29) is 0 Å². The van der Waals surface area contributed by atoms with Crippen LogP contribution < -0.4 is 0 Å². The molecule has 0 amide bonds. The molecule has 0 saturated carbocycles. The molecule has 0 aliphatic carbocycles. The van der Waals surface area contributed by atoms with Gasteiger partial charge in [-0.2, -0.15) is 0 Å². The lowest BCUT2D eigenvalue weighted by Crippen LogP contribution is -1.89.